The number of halogens is 1. The minimum Gasteiger partial charge on any atom is -0.461 e. The van der Waals surface area contributed by atoms with E-state index in [0.29, 0.717) is 11.8 Å². The van der Waals surface area contributed by atoms with Gasteiger partial charge in [0.25, 0.3) is 0 Å². The molecule has 19 heavy (non-hydrogen) atoms. The SMILES string of the molecule is CCn1ccc(Nc2nc(Cl)nc(OC(C)C)n2)n1. The maximum Gasteiger partial charge on any atom is 0.322 e. The number of hydrogen-bond donors (Lipinski definition) is 1. The van der Waals surface area contributed by atoms with Crippen LogP contribution in [0.5, 0.6) is 6.01 Å². The van der Waals surface area contributed by atoms with Crippen LogP contribution in [0.25, 0.3) is 0 Å². The summed E-state index contributed by atoms with van der Waals surface area (Å²) < 4.78 is 7.18. The van der Waals surface area contributed by atoms with Crippen LogP contribution >= 0.6 is 11.6 Å². The van der Waals surface area contributed by atoms with Crippen LogP contribution in [-0.2, 0) is 6.54 Å². The lowest BCUT2D eigenvalue weighted by Crippen LogP contribution is -2.10. The van der Waals surface area contributed by atoms with E-state index in [9.17, 15) is 0 Å². The summed E-state index contributed by atoms with van der Waals surface area (Å²) in [4.78, 5) is 12.0. The molecule has 0 radical (unpaired) electrons. The molecule has 2 heterocycles. The summed E-state index contributed by atoms with van der Waals surface area (Å²) >= 11 is 5.82. The molecule has 2 aromatic heterocycles. The van der Waals surface area contributed by atoms with Gasteiger partial charge in [-0.05, 0) is 32.4 Å². The molecule has 0 aromatic carbocycles. The van der Waals surface area contributed by atoms with E-state index in [-0.39, 0.29) is 17.4 Å². The van der Waals surface area contributed by atoms with E-state index in [4.69, 9.17) is 16.3 Å². The summed E-state index contributed by atoms with van der Waals surface area (Å²) in [6.45, 7) is 6.56. The van der Waals surface area contributed by atoms with Crippen molar-refractivity contribution < 1.29 is 4.74 Å². The highest BCUT2D eigenvalue weighted by molar-refractivity contribution is 6.28. The predicted octanol–water partition coefficient (Wildman–Crippen LogP) is 2.27. The van der Waals surface area contributed by atoms with E-state index in [1.165, 1.54) is 0 Å². The maximum absolute atomic E-state index is 5.82. The first-order valence-electron chi connectivity index (χ1n) is 5.95. The molecule has 0 bridgehead atoms. The lowest BCUT2D eigenvalue weighted by atomic mass is 10.5. The number of ether oxygens (including phenoxy) is 1. The molecule has 0 spiro atoms. The molecule has 0 unspecified atom stereocenters. The predicted molar refractivity (Wildman–Crippen MR) is 71.8 cm³/mol. The van der Waals surface area contributed by atoms with Crippen molar-refractivity contribution in [3.05, 3.63) is 17.5 Å². The van der Waals surface area contributed by atoms with Crippen LogP contribution in [0.2, 0.25) is 5.28 Å². The van der Waals surface area contributed by atoms with E-state index in [1.54, 1.807) is 4.68 Å². The van der Waals surface area contributed by atoms with E-state index in [1.807, 2.05) is 33.0 Å². The normalized spacial score (nSPS) is 10.8. The van der Waals surface area contributed by atoms with Crippen LogP contribution in [0.3, 0.4) is 0 Å². The molecule has 1 N–H and O–H groups in total. The van der Waals surface area contributed by atoms with Crippen molar-refractivity contribution in [1.82, 2.24) is 24.7 Å². The Morgan fingerprint density at radius 3 is 2.79 bits per heavy atom. The Bertz CT molecular complexity index is 556. The topological polar surface area (TPSA) is 77.8 Å². The minimum absolute atomic E-state index is 0.0365. The smallest absolute Gasteiger partial charge is 0.322 e. The standard InChI is InChI=1S/C11H15ClN6O/c1-4-18-6-5-8(17-18)13-10-14-9(12)15-11(16-10)19-7(2)3/h5-7H,4H2,1-3H3,(H,13,14,15,16,17). The van der Waals surface area contributed by atoms with Gasteiger partial charge in [0.05, 0.1) is 6.10 Å². The Hall–Kier alpha value is -1.89. The number of anilines is 2. The van der Waals surface area contributed by atoms with Gasteiger partial charge in [-0.15, -0.1) is 0 Å². The van der Waals surface area contributed by atoms with Crippen molar-refractivity contribution >= 4 is 23.4 Å². The third-order valence-electron chi connectivity index (χ3n) is 2.13. The molecule has 0 saturated carbocycles. The van der Waals surface area contributed by atoms with Crippen molar-refractivity contribution in [3.8, 4) is 6.01 Å². The summed E-state index contributed by atoms with van der Waals surface area (Å²) in [6.07, 6.45) is 1.82. The number of nitrogens with zero attached hydrogens (tertiary/aromatic N) is 5. The second kappa shape index (κ2) is 5.83. The first-order chi connectivity index (χ1) is 9.06. The number of hydrogen-bond acceptors (Lipinski definition) is 6. The molecule has 2 aromatic rings. The molecule has 0 aliphatic carbocycles. The van der Waals surface area contributed by atoms with Gasteiger partial charge in [-0.2, -0.15) is 20.1 Å². The van der Waals surface area contributed by atoms with Crippen LogP contribution in [0.1, 0.15) is 20.8 Å². The molecule has 0 fully saturated rings. The van der Waals surface area contributed by atoms with E-state index in [0.717, 1.165) is 6.54 Å². The van der Waals surface area contributed by atoms with Crippen LogP contribution in [0.4, 0.5) is 11.8 Å². The zero-order chi connectivity index (χ0) is 13.8. The zero-order valence-corrected chi connectivity index (χ0v) is 11.7. The van der Waals surface area contributed by atoms with Crippen molar-refractivity contribution in [2.24, 2.45) is 0 Å². The monoisotopic (exact) mass is 282 g/mol. The second-order valence-corrected chi connectivity index (χ2v) is 4.40. The molecule has 0 aliphatic rings. The van der Waals surface area contributed by atoms with Crippen LogP contribution in [-0.4, -0.2) is 30.8 Å². The van der Waals surface area contributed by atoms with Crippen LogP contribution in [0.15, 0.2) is 12.3 Å². The largest absolute Gasteiger partial charge is 0.461 e. The molecule has 2 rings (SSSR count). The van der Waals surface area contributed by atoms with Crippen LogP contribution in [0, 0.1) is 0 Å². The van der Waals surface area contributed by atoms with Gasteiger partial charge in [0.15, 0.2) is 5.82 Å². The number of nitrogens with one attached hydrogen (secondary N) is 1. The van der Waals surface area contributed by atoms with Crippen LogP contribution < -0.4 is 10.1 Å². The Kier molecular flexibility index (Phi) is 4.16. The minimum atomic E-state index is -0.0365. The molecule has 102 valence electrons. The number of aryl methyl sites for hydroxylation is 1. The molecule has 8 heteroatoms. The Morgan fingerprint density at radius 1 is 1.37 bits per heavy atom. The van der Waals surface area contributed by atoms with Crippen molar-refractivity contribution in [3.63, 3.8) is 0 Å². The van der Waals surface area contributed by atoms with Crippen molar-refractivity contribution in [1.29, 1.82) is 0 Å². The van der Waals surface area contributed by atoms with Gasteiger partial charge in [-0.1, -0.05) is 0 Å². The first-order valence-corrected chi connectivity index (χ1v) is 6.33. The molecule has 0 atom stereocenters. The molecule has 0 aliphatic heterocycles. The van der Waals surface area contributed by atoms with Gasteiger partial charge in [-0.3, -0.25) is 4.68 Å². The lowest BCUT2D eigenvalue weighted by Gasteiger charge is -2.08. The molecular weight excluding hydrogens is 268 g/mol. The van der Waals surface area contributed by atoms with Gasteiger partial charge in [0, 0.05) is 18.8 Å². The second-order valence-electron chi connectivity index (χ2n) is 4.06. The number of rotatable bonds is 5. The highest BCUT2D eigenvalue weighted by Crippen LogP contribution is 2.16. The van der Waals surface area contributed by atoms with E-state index in [2.05, 4.69) is 25.4 Å². The van der Waals surface area contributed by atoms with Gasteiger partial charge in [0.2, 0.25) is 11.2 Å². The highest BCUT2D eigenvalue weighted by Gasteiger charge is 2.09. The van der Waals surface area contributed by atoms with Gasteiger partial charge in [0.1, 0.15) is 0 Å². The van der Waals surface area contributed by atoms with Gasteiger partial charge < -0.3 is 10.1 Å². The quantitative estimate of drug-likeness (QED) is 0.906. The van der Waals surface area contributed by atoms with E-state index < -0.39 is 0 Å². The first kappa shape index (κ1) is 13.5. The van der Waals surface area contributed by atoms with Gasteiger partial charge >= 0.3 is 6.01 Å². The average molecular weight is 283 g/mol. The Morgan fingerprint density at radius 2 is 2.16 bits per heavy atom. The summed E-state index contributed by atoms with van der Waals surface area (Å²) in [6, 6.07) is 2.01. The average Bonchev–Trinajstić information content (AvgIpc) is 2.74. The molecule has 7 nitrogen and oxygen atoms in total. The zero-order valence-electron chi connectivity index (χ0n) is 11.0. The molecule has 0 saturated heterocycles. The summed E-state index contributed by atoms with van der Waals surface area (Å²) in [7, 11) is 0. The lowest BCUT2D eigenvalue weighted by molar-refractivity contribution is 0.222. The number of aromatic nitrogens is 5. The fourth-order valence-corrected chi connectivity index (χ4v) is 1.52. The summed E-state index contributed by atoms with van der Waals surface area (Å²) in [5.41, 5.74) is 0. The highest BCUT2D eigenvalue weighted by atomic mass is 35.5. The third kappa shape index (κ3) is 3.78. The Labute approximate surface area is 116 Å². The van der Waals surface area contributed by atoms with E-state index >= 15 is 0 Å². The van der Waals surface area contributed by atoms with Gasteiger partial charge in [-0.25, -0.2) is 0 Å². The summed E-state index contributed by atoms with van der Waals surface area (Å²) in [5, 5.41) is 7.29. The third-order valence-corrected chi connectivity index (χ3v) is 2.30. The van der Waals surface area contributed by atoms with Crippen molar-refractivity contribution in [2.45, 2.75) is 33.4 Å². The fourth-order valence-electron chi connectivity index (χ4n) is 1.37. The molecule has 0 amide bonds. The molecular formula is C11H15ClN6O. The Balaban J connectivity index is 2.17. The summed E-state index contributed by atoms with van der Waals surface area (Å²) in [5.74, 6) is 0.941. The van der Waals surface area contributed by atoms with Crippen molar-refractivity contribution in [2.75, 3.05) is 5.32 Å². The fraction of sp³-hybridized carbons (Fsp3) is 0.455. The maximum atomic E-state index is 5.82.